The van der Waals surface area contributed by atoms with Crippen LogP contribution in [0.5, 0.6) is 0 Å². The summed E-state index contributed by atoms with van der Waals surface area (Å²) in [5.41, 5.74) is 0.979. The van der Waals surface area contributed by atoms with E-state index < -0.39 is 0 Å². The number of nitrogens with zero attached hydrogens (tertiary/aromatic N) is 3. The highest BCUT2D eigenvalue weighted by atomic mass is 32.1. The predicted octanol–water partition coefficient (Wildman–Crippen LogP) is 1.21. The number of fused-ring (bicyclic) bond motifs is 4. The third-order valence-electron chi connectivity index (χ3n) is 4.94. The Morgan fingerprint density at radius 2 is 2.04 bits per heavy atom. The molecule has 0 aliphatic carbocycles. The van der Waals surface area contributed by atoms with Crippen LogP contribution in [-0.2, 0) is 9.59 Å². The zero-order valence-corrected chi connectivity index (χ0v) is 15.1. The van der Waals surface area contributed by atoms with Crippen molar-refractivity contribution in [2.75, 3.05) is 33.7 Å². The van der Waals surface area contributed by atoms with Crippen LogP contribution in [0, 0.1) is 12.8 Å². The van der Waals surface area contributed by atoms with Gasteiger partial charge in [0, 0.05) is 33.2 Å². The van der Waals surface area contributed by atoms with Crippen LogP contribution in [-0.4, -0.2) is 72.2 Å². The van der Waals surface area contributed by atoms with E-state index in [0.29, 0.717) is 13.1 Å². The van der Waals surface area contributed by atoms with Gasteiger partial charge in [0.1, 0.15) is 6.54 Å². The van der Waals surface area contributed by atoms with Crippen molar-refractivity contribution in [3.63, 3.8) is 0 Å². The van der Waals surface area contributed by atoms with Crippen LogP contribution >= 0.6 is 11.3 Å². The lowest BCUT2D eigenvalue weighted by Crippen LogP contribution is -2.51. The Kier molecular flexibility index (Phi) is 4.62. The molecule has 0 aromatic carbocycles. The van der Waals surface area contributed by atoms with Crippen molar-refractivity contribution in [2.45, 2.75) is 25.8 Å². The van der Waals surface area contributed by atoms with Gasteiger partial charge in [0.25, 0.3) is 5.91 Å². The van der Waals surface area contributed by atoms with Crippen LogP contribution in [0.4, 0.5) is 0 Å². The second kappa shape index (κ2) is 6.55. The molecule has 2 atom stereocenters. The predicted molar refractivity (Wildman–Crippen MR) is 91.9 cm³/mol. The van der Waals surface area contributed by atoms with Crippen molar-refractivity contribution in [1.82, 2.24) is 14.7 Å². The maximum atomic E-state index is 12.8. The summed E-state index contributed by atoms with van der Waals surface area (Å²) in [7, 11) is 3.39. The Hall–Kier alpha value is -1.89. The Labute approximate surface area is 146 Å². The fourth-order valence-corrected chi connectivity index (χ4v) is 4.33. The molecular formula is C17H23N3O3S. The molecule has 1 aromatic heterocycles. The molecule has 4 rings (SSSR count). The third kappa shape index (κ3) is 3.05. The molecule has 3 aliphatic rings. The summed E-state index contributed by atoms with van der Waals surface area (Å²) in [6.07, 6.45) is 1.65. The van der Waals surface area contributed by atoms with E-state index in [2.05, 4.69) is 0 Å². The van der Waals surface area contributed by atoms with Crippen molar-refractivity contribution in [2.24, 2.45) is 5.92 Å². The number of aryl methyl sites for hydroxylation is 1. The van der Waals surface area contributed by atoms with Crippen LogP contribution in [0.15, 0.2) is 11.4 Å². The standard InChI is InChI=1S/C17H23N3O3S/c1-11-6-7-24-15(11)17(23)19-8-12-4-5-13(9-19)20(16(12)22)10-14(21)18(2)3/h6-7,12-13H,4-5,8-10H2,1-3H3/t12-,13+/m1/s1. The summed E-state index contributed by atoms with van der Waals surface area (Å²) in [6.45, 7) is 3.01. The molecule has 0 radical (unpaired) electrons. The van der Waals surface area contributed by atoms with E-state index >= 15 is 0 Å². The van der Waals surface area contributed by atoms with E-state index in [1.54, 1.807) is 23.9 Å². The van der Waals surface area contributed by atoms with Gasteiger partial charge in [-0.1, -0.05) is 0 Å². The first-order valence-electron chi connectivity index (χ1n) is 8.22. The minimum absolute atomic E-state index is 0.00739. The average molecular weight is 349 g/mol. The minimum Gasteiger partial charge on any atom is -0.347 e. The van der Waals surface area contributed by atoms with Crippen LogP contribution in [0.3, 0.4) is 0 Å². The molecule has 3 saturated heterocycles. The van der Waals surface area contributed by atoms with E-state index in [9.17, 15) is 14.4 Å². The Morgan fingerprint density at radius 3 is 2.67 bits per heavy atom. The number of likely N-dealkylation sites (N-methyl/N-ethyl adjacent to an activating group) is 1. The summed E-state index contributed by atoms with van der Waals surface area (Å²) in [6, 6.07) is 1.88. The molecule has 6 nitrogen and oxygen atoms in total. The molecule has 3 amide bonds. The molecule has 3 aliphatic heterocycles. The van der Waals surface area contributed by atoms with Gasteiger partial charge >= 0.3 is 0 Å². The number of rotatable bonds is 3. The molecule has 0 spiro atoms. The summed E-state index contributed by atoms with van der Waals surface area (Å²) in [4.78, 5) is 43.3. The number of piperidine rings is 1. The first-order valence-corrected chi connectivity index (χ1v) is 9.10. The van der Waals surface area contributed by atoms with Crippen molar-refractivity contribution in [3.8, 4) is 0 Å². The first-order chi connectivity index (χ1) is 11.4. The van der Waals surface area contributed by atoms with Crippen LogP contribution in [0.2, 0.25) is 0 Å². The smallest absolute Gasteiger partial charge is 0.264 e. The Balaban J connectivity index is 1.80. The highest BCUT2D eigenvalue weighted by Crippen LogP contribution is 2.30. The number of hydrogen-bond acceptors (Lipinski definition) is 4. The highest BCUT2D eigenvalue weighted by Gasteiger charge is 2.42. The van der Waals surface area contributed by atoms with Gasteiger partial charge < -0.3 is 14.7 Å². The molecule has 4 heterocycles. The second-order valence-corrected chi connectivity index (χ2v) is 7.74. The normalized spacial score (nSPS) is 23.4. The molecule has 0 N–H and O–H groups in total. The molecule has 0 saturated carbocycles. The summed E-state index contributed by atoms with van der Waals surface area (Å²) >= 11 is 1.45. The Bertz CT molecular complexity index is 670. The lowest BCUT2D eigenvalue weighted by molar-refractivity contribution is -0.145. The molecule has 3 fully saturated rings. The Morgan fingerprint density at radius 1 is 1.29 bits per heavy atom. The molecule has 24 heavy (non-hydrogen) atoms. The van der Waals surface area contributed by atoms with Gasteiger partial charge in [-0.25, -0.2) is 0 Å². The van der Waals surface area contributed by atoms with Crippen LogP contribution in [0.1, 0.15) is 28.1 Å². The fraction of sp³-hybridized carbons (Fsp3) is 0.588. The minimum atomic E-state index is -0.192. The lowest BCUT2D eigenvalue weighted by atomic mass is 9.94. The number of carbonyl (C=O) groups excluding carboxylic acids is 3. The monoisotopic (exact) mass is 349 g/mol. The largest absolute Gasteiger partial charge is 0.347 e. The fourth-order valence-electron chi connectivity index (χ4n) is 3.44. The zero-order chi connectivity index (χ0) is 17.4. The first kappa shape index (κ1) is 17.0. The van der Waals surface area contributed by atoms with Gasteiger partial charge in [0.15, 0.2) is 0 Å². The topological polar surface area (TPSA) is 60.9 Å². The highest BCUT2D eigenvalue weighted by molar-refractivity contribution is 7.12. The number of hydrogen-bond donors (Lipinski definition) is 0. The zero-order valence-electron chi connectivity index (χ0n) is 14.3. The second-order valence-electron chi connectivity index (χ2n) is 6.83. The van der Waals surface area contributed by atoms with Gasteiger partial charge in [0.05, 0.1) is 10.8 Å². The van der Waals surface area contributed by atoms with Crippen molar-refractivity contribution in [3.05, 3.63) is 21.9 Å². The molecule has 0 unspecified atom stereocenters. The quantitative estimate of drug-likeness (QED) is 0.824. The van der Waals surface area contributed by atoms with Crippen molar-refractivity contribution in [1.29, 1.82) is 0 Å². The van der Waals surface area contributed by atoms with E-state index in [1.165, 1.54) is 16.2 Å². The van der Waals surface area contributed by atoms with E-state index in [1.807, 2.05) is 18.4 Å². The van der Waals surface area contributed by atoms with E-state index in [4.69, 9.17) is 0 Å². The number of carbonyl (C=O) groups is 3. The summed E-state index contributed by atoms with van der Waals surface area (Å²) in [5, 5.41) is 1.92. The molecule has 1 aromatic rings. The van der Waals surface area contributed by atoms with E-state index in [-0.39, 0.29) is 36.2 Å². The summed E-state index contributed by atoms with van der Waals surface area (Å²) < 4.78 is 0. The SMILES string of the molecule is Cc1ccsc1C(=O)N1C[C@H]2CC[C@@H](C1)N(CC(=O)N(C)C)C2=O. The third-order valence-corrected chi connectivity index (χ3v) is 5.95. The van der Waals surface area contributed by atoms with Gasteiger partial charge in [-0.05, 0) is 36.8 Å². The average Bonchev–Trinajstić information content (AvgIpc) is 2.79. The van der Waals surface area contributed by atoms with Crippen molar-refractivity contribution < 1.29 is 14.4 Å². The molecule has 7 heteroatoms. The van der Waals surface area contributed by atoms with Crippen LogP contribution in [0.25, 0.3) is 0 Å². The van der Waals surface area contributed by atoms with Crippen molar-refractivity contribution >= 4 is 29.1 Å². The number of amides is 3. The number of thiophene rings is 1. The summed E-state index contributed by atoms with van der Waals surface area (Å²) in [5.74, 6) is -0.251. The molecule has 2 bridgehead atoms. The van der Waals surface area contributed by atoms with Gasteiger partial charge in [-0.2, -0.15) is 0 Å². The maximum absolute atomic E-state index is 12.8. The lowest BCUT2D eigenvalue weighted by Gasteiger charge is -2.35. The van der Waals surface area contributed by atoms with Gasteiger partial charge in [-0.15, -0.1) is 11.3 Å². The van der Waals surface area contributed by atoms with Crippen LogP contribution < -0.4 is 0 Å². The maximum Gasteiger partial charge on any atom is 0.264 e. The van der Waals surface area contributed by atoms with Gasteiger partial charge in [0.2, 0.25) is 11.8 Å². The molecule has 130 valence electrons. The molecular weight excluding hydrogens is 326 g/mol. The van der Waals surface area contributed by atoms with Gasteiger partial charge in [-0.3, -0.25) is 14.4 Å². The van der Waals surface area contributed by atoms with E-state index in [0.717, 1.165) is 23.3 Å².